The molecule has 2 heteroatoms. The van der Waals surface area contributed by atoms with Crippen LogP contribution in [-0.4, -0.2) is 24.0 Å². The summed E-state index contributed by atoms with van der Waals surface area (Å²) in [4.78, 5) is 6.50. The SMILES string of the molecule is CN(C)C1CCCc2ccncc21. The molecule has 0 saturated heterocycles. The molecule has 2 rings (SSSR count). The van der Waals surface area contributed by atoms with Gasteiger partial charge in [0.05, 0.1) is 0 Å². The van der Waals surface area contributed by atoms with Gasteiger partial charge < -0.3 is 4.90 Å². The molecule has 1 aliphatic rings. The Balaban J connectivity index is 2.37. The number of rotatable bonds is 1. The van der Waals surface area contributed by atoms with Crippen LogP contribution in [0.5, 0.6) is 0 Å². The van der Waals surface area contributed by atoms with Crippen molar-refractivity contribution in [2.75, 3.05) is 14.1 Å². The fourth-order valence-corrected chi connectivity index (χ4v) is 2.14. The molecule has 1 atom stereocenters. The van der Waals surface area contributed by atoms with E-state index in [1.807, 2.05) is 12.4 Å². The molecule has 0 fully saturated rings. The molecule has 0 saturated carbocycles. The largest absolute Gasteiger partial charge is 0.302 e. The lowest BCUT2D eigenvalue weighted by Gasteiger charge is -2.30. The molecule has 1 aliphatic carbocycles. The van der Waals surface area contributed by atoms with Crippen molar-refractivity contribution in [1.29, 1.82) is 0 Å². The van der Waals surface area contributed by atoms with Gasteiger partial charge in [-0.05, 0) is 50.6 Å². The first-order valence-corrected chi connectivity index (χ1v) is 4.88. The highest BCUT2D eigenvalue weighted by Gasteiger charge is 2.21. The third-order valence-electron chi connectivity index (χ3n) is 2.85. The zero-order valence-electron chi connectivity index (χ0n) is 8.33. The van der Waals surface area contributed by atoms with Gasteiger partial charge in [-0.3, -0.25) is 4.98 Å². The Morgan fingerprint density at radius 3 is 3.08 bits per heavy atom. The summed E-state index contributed by atoms with van der Waals surface area (Å²) in [5, 5.41) is 0. The Morgan fingerprint density at radius 2 is 2.31 bits per heavy atom. The van der Waals surface area contributed by atoms with Gasteiger partial charge in [-0.2, -0.15) is 0 Å². The van der Waals surface area contributed by atoms with Crippen LogP contribution in [0.25, 0.3) is 0 Å². The smallest absolute Gasteiger partial charge is 0.0360 e. The van der Waals surface area contributed by atoms with Crippen LogP contribution in [0.2, 0.25) is 0 Å². The standard InChI is InChI=1S/C11H16N2/c1-13(2)11-5-3-4-9-6-7-12-8-10(9)11/h6-8,11H,3-5H2,1-2H3. The van der Waals surface area contributed by atoms with E-state index in [1.165, 1.54) is 30.4 Å². The zero-order valence-corrected chi connectivity index (χ0v) is 8.33. The molecule has 0 radical (unpaired) electrons. The number of pyridine rings is 1. The quantitative estimate of drug-likeness (QED) is 0.650. The molecule has 0 aromatic carbocycles. The van der Waals surface area contributed by atoms with Gasteiger partial charge in [0.1, 0.15) is 0 Å². The van der Waals surface area contributed by atoms with Crippen LogP contribution >= 0.6 is 0 Å². The molecule has 0 amide bonds. The molecular weight excluding hydrogens is 160 g/mol. The number of aromatic nitrogens is 1. The Labute approximate surface area is 79.6 Å². The predicted molar refractivity (Wildman–Crippen MR) is 53.6 cm³/mol. The van der Waals surface area contributed by atoms with Crippen molar-refractivity contribution < 1.29 is 0 Å². The van der Waals surface area contributed by atoms with Crippen molar-refractivity contribution in [3.05, 3.63) is 29.6 Å². The minimum Gasteiger partial charge on any atom is -0.302 e. The van der Waals surface area contributed by atoms with E-state index in [0.717, 1.165) is 0 Å². The van der Waals surface area contributed by atoms with Crippen LogP contribution in [-0.2, 0) is 6.42 Å². The van der Waals surface area contributed by atoms with Crippen molar-refractivity contribution in [3.8, 4) is 0 Å². The monoisotopic (exact) mass is 176 g/mol. The Kier molecular flexibility index (Phi) is 2.32. The summed E-state index contributed by atoms with van der Waals surface area (Å²) in [6.07, 6.45) is 7.73. The Hall–Kier alpha value is -0.890. The summed E-state index contributed by atoms with van der Waals surface area (Å²) >= 11 is 0. The molecule has 1 heterocycles. The minimum absolute atomic E-state index is 0.581. The van der Waals surface area contributed by atoms with E-state index in [1.54, 1.807) is 0 Å². The molecule has 0 bridgehead atoms. The second-order valence-electron chi connectivity index (χ2n) is 3.95. The molecule has 0 N–H and O–H groups in total. The van der Waals surface area contributed by atoms with Crippen molar-refractivity contribution in [1.82, 2.24) is 9.88 Å². The van der Waals surface area contributed by atoms with E-state index < -0.39 is 0 Å². The maximum absolute atomic E-state index is 4.20. The minimum atomic E-state index is 0.581. The molecule has 0 aliphatic heterocycles. The number of hydrogen-bond donors (Lipinski definition) is 0. The van der Waals surface area contributed by atoms with Gasteiger partial charge in [0.25, 0.3) is 0 Å². The molecule has 1 aromatic heterocycles. The second kappa shape index (κ2) is 3.46. The van der Waals surface area contributed by atoms with Crippen LogP contribution in [0.4, 0.5) is 0 Å². The van der Waals surface area contributed by atoms with Crippen molar-refractivity contribution in [2.45, 2.75) is 25.3 Å². The van der Waals surface area contributed by atoms with Crippen LogP contribution in [0.3, 0.4) is 0 Å². The van der Waals surface area contributed by atoms with Gasteiger partial charge in [0.2, 0.25) is 0 Å². The maximum Gasteiger partial charge on any atom is 0.0360 e. The highest BCUT2D eigenvalue weighted by molar-refractivity contribution is 5.28. The first-order valence-electron chi connectivity index (χ1n) is 4.88. The Bertz CT molecular complexity index is 294. The number of nitrogens with zero attached hydrogens (tertiary/aromatic N) is 2. The molecule has 13 heavy (non-hydrogen) atoms. The van der Waals surface area contributed by atoms with Crippen molar-refractivity contribution in [3.63, 3.8) is 0 Å². The third-order valence-corrected chi connectivity index (χ3v) is 2.85. The maximum atomic E-state index is 4.20. The van der Waals surface area contributed by atoms with Gasteiger partial charge in [-0.25, -0.2) is 0 Å². The van der Waals surface area contributed by atoms with E-state index >= 15 is 0 Å². The van der Waals surface area contributed by atoms with Crippen LogP contribution in [0, 0.1) is 0 Å². The van der Waals surface area contributed by atoms with E-state index in [9.17, 15) is 0 Å². The van der Waals surface area contributed by atoms with E-state index in [4.69, 9.17) is 0 Å². The van der Waals surface area contributed by atoms with Crippen LogP contribution < -0.4 is 0 Å². The normalized spacial score (nSPS) is 21.6. The lowest BCUT2D eigenvalue weighted by Crippen LogP contribution is -2.24. The average Bonchev–Trinajstić information content (AvgIpc) is 2.17. The van der Waals surface area contributed by atoms with Gasteiger partial charge in [-0.15, -0.1) is 0 Å². The summed E-state index contributed by atoms with van der Waals surface area (Å²) in [5.74, 6) is 0. The summed E-state index contributed by atoms with van der Waals surface area (Å²) in [6, 6.07) is 2.74. The molecule has 1 aromatic rings. The molecule has 0 spiro atoms. The molecular formula is C11H16N2. The highest BCUT2D eigenvalue weighted by atomic mass is 15.1. The zero-order chi connectivity index (χ0) is 9.26. The van der Waals surface area contributed by atoms with Crippen molar-refractivity contribution in [2.24, 2.45) is 0 Å². The lowest BCUT2D eigenvalue weighted by atomic mass is 9.89. The fourth-order valence-electron chi connectivity index (χ4n) is 2.14. The number of aryl methyl sites for hydroxylation is 1. The summed E-state index contributed by atoms with van der Waals surface area (Å²) in [6.45, 7) is 0. The highest BCUT2D eigenvalue weighted by Crippen LogP contribution is 2.31. The number of fused-ring (bicyclic) bond motifs is 1. The van der Waals surface area contributed by atoms with E-state index in [0.29, 0.717) is 6.04 Å². The number of hydrogen-bond acceptors (Lipinski definition) is 2. The summed E-state index contributed by atoms with van der Waals surface area (Å²) in [5.41, 5.74) is 2.92. The van der Waals surface area contributed by atoms with Crippen molar-refractivity contribution >= 4 is 0 Å². The lowest BCUT2D eigenvalue weighted by molar-refractivity contribution is 0.268. The predicted octanol–water partition coefficient (Wildman–Crippen LogP) is 2.02. The van der Waals surface area contributed by atoms with Gasteiger partial charge in [0, 0.05) is 18.4 Å². The average molecular weight is 176 g/mol. The summed E-state index contributed by atoms with van der Waals surface area (Å²) < 4.78 is 0. The molecule has 70 valence electrons. The van der Waals surface area contributed by atoms with Crippen LogP contribution in [0.1, 0.15) is 30.0 Å². The van der Waals surface area contributed by atoms with Gasteiger partial charge in [0.15, 0.2) is 0 Å². The van der Waals surface area contributed by atoms with Crippen LogP contribution in [0.15, 0.2) is 18.5 Å². The fraction of sp³-hybridized carbons (Fsp3) is 0.545. The van der Waals surface area contributed by atoms with Gasteiger partial charge >= 0.3 is 0 Å². The Morgan fingerprint density at radius 1 is 1.46 bits per heavy atom. The third kappa shape index (κ3) is 1.59. The topological polar surface area (TPSA) is 16.1 Å². The van der Waals surface area contributed by atoms with E-state index in [-0.39, 0.29) is 0 Å². The summed E-state index contributed by atoms with van der Waals surface area (Å²) in [7, 11) is 4.29. The molecule has 1 unspecified atom stereocenters. The first-order chi connectivity index (χ1) is 6.29. The second-order valence-corrected chi connectivity index (χ2v) is 3.95. The van der Waals surface area contributed by atoms with Gasteiger partial charge in [-0.1, -0.05) is 0 Å². The van der Waals surface area contributed by atoms with E-state index in [2.05, 4.69) is 30.0 Å². The molecule has 2 nitrogen and oxygen atoms in total. The first kappa shape index (κ1) is 8.70.